The minimum Gasteiger partial charge on any atom is -0.320 e. The molecular weight excluding hydrogens is 210 g/mol. The highest BCUT2D eigenvalue weighted by molar-refractivity contribution is 4.78. The van der Waals surface area contributed by atoms with Gasteiger partial charge in [-0.1, -0.05) is 20.3 Å². The summed E-state index contributed by atoms with van der Waals surface area (Å²) in [5, 5.41) is 3.29. The van der Waals surface area contributed by atoms with Crippen molar-refractivity contribution in [2.45, 2.75) is 45.6 Å². The number of likely N-dealkylation sites (tertiary alicyclic amines) is 1. The Kier molecular flexibility index (Phi) is 7.82. The molecule has 102 valence electrons. The molecule has 0 aromatic heterocycles. The molecule has 0 spiro atoms. The van der Waals surface area contributed by atoms with Crippen LogP contribution in [0.15, 0.2) is 0 Å². The van der Waals surface area contributed by atoms with Crippen molar-refractivity contribution in [3.8, 4) is 0 Å². The van der Waals surface area contributed by atoms with E-state index in [1.807, 2.05) is 0 Å². The summed E-state index contributed by atoms with van der Waals surface area (Å²) in [7, 11) is 2.06. The topological polar surface area (TPSA) is 18.5 Å². The number of likely N-dealkylation sites (N-methyl/N-ethyl adjacent to an activating group) is 1. The van der Waals surface area contributed by atoms with Crippen molar-refractivity contribution in [1.82, 2.24) is 15.1 Å². The standard InChI is InChI=1S/C14H31N3/c1-4-16(5-2)12-13-17-11-7-6-8-14(17)9-10-15-3/h14-15H,4-13H2,1-3H3. The number of hydrogen-bond acceptors (Lipinski definition) is 3. The van der Waals surface area contributed by atoms with Crippen LogP contribution in [0.2, 0.25) is 0 Å². The second-order valence-electron chi connectivity index (χ2n) is 5.10. The first-order chi connectivity index (χ1) is 8.31. The molecule has 17 heavy (non-hydrogen) atoms. The summed E-state index contributed by atoms with van der Waals surface area (Å²) < 4.78 is 0. The third kappa shape index (κ3) is 5.36. The van der Waals surface area contributed by atoms with Crippen LogP contribution < -0.4 is 5.32 Å². The van der Waals surface area contributed by atoms with Crippen molar-refractivity contribution >= 4 is 0 Å². The Balaban J connectivity index is 2.31. The zero-order chi connectivity index (χ0) is 12.5. The summed E-state index contributed by atoms with van der Waals surface area (Å²) >= 11 is 0. The van der Waals surface area contributed by atoms with Gasteiger partial charge in [-0.2, -0.15) is 0 Å². The fourth-order valence-electron chi connectivity index (χ4n) is 2.80. The summed E-state index contributed by atoms with van der Waals surface area (Å²) in [5.41, 5.74) is 0. The van der Waals surface area contributed by atoms with Crippen LogP contribution in [0.1, 0.15) is 39.5 Å². The Morgan fingerprint density at radius 2 is 2.00 bits per heavy atom. The minimum absolute atomic E-state index is 0.826. The molecule has 0 aromatic rings. The zero-order valence-electron chi connectivity index (χ0n) is 12.0. The van der Waals surface area contributed by atoms with E-state index in [0.29, 0.717) is 0 Å². The molecule has 0 aromatic carbocycles. The van der Waals surface area contributed by atoms with Gasteiger partial charge in [0.15, 0.2) is 0 Å². The third-order valence-electron chi connectivity index (χ3n) is 4.07. The molecule has 1 heterocycles. The molecule has 1 fully saturated rings. The van der Waals surface area contributed by atoms with Crippen molar-refractivity contribution in [2.75, 3.05) is 46.3 Å². The van der Waals surface area contributed by atoms with E-state index in [1.165, 1.54) is 58.4 Å². The number of nitrogens with zero attached hydrogens (tertiary/aromatic N) is 2. The summed E-state index contributed by atoms with van der Waals surface area (Å²) in [5.74, 6) is 0. The van der Waals surface area contributed by atoms with E-state index in [4.69, 9.17) is 0 Å². The molecule has 0 amide bonds. The van der Waals surface area contributed by atoms with Crippen LogP contribution in [0, 0.1) is 0 Å². The monoisotopic (exact) mass is 241 g/mol. The van der Waals surface area contributed by atoms with Gasteiger partial charge in [-0.25, -0.2) is 0 Å². The molecule has 1 N–H and O–H groups in total. The maximum absolute atomic E-state index is 3.29. The van der Waals surface area contributed by atoms with Crippen LogP contribution in [-0.4, -0.2) is 62.2 Å². The highest BCUT2D eigenvalue weighted by Crippen LogP contribution is 2.18. The third-order valence-corrected chi connectivity index (χ3v) is 4.07. The van der Waals surface area contributed by atoms with Gasteiger partial charge >= 0.3 is 0 Å². The molecule has 1 aliphatic heterocycles. The summed E-state index contributed by atoms with van der Waals surface area (Å²) in [6, 6.07) is 0.826. The number of piperidine rings is 1. The second kappa shape index (κ2) is 8.90. The SMILES string of the molecule is CCN(CC)CCN1CCCCC1CCNC. The minimum atomic E-state index is 0.826. The molecule has 0 aliphatic carbocycles. The van der Waals surface area contributed by atoms with Crippen molar-refractivity contribution in [1.29, 1.82) is 0 Å². The number of nitrogens with one attached hydrogen (secondary N) is 1. The maximum Gasteiger partial charge on any atom is 0.0112 e. The van der Waals surface area contributed by atoms with Crippen LogP contribution in [0.3, 0.4) is 0 Å². The molecule has 1 unspecified atom stereocenters. The molecule has 1 atom stereocenters. The Hall–Kier alpha value is -0.120. The van der Waals surface area contributed by atoms with E-state index < -0.39 is 0 Å². The first kappa shape index (κ1) is 14.9. The summed E-state index contributed by atoms with van der Waals surface area (Å²) in [6.07, 6.45) is 5.54. The van der Waals surface area contributed by atoms with E-state index in [9.17, 15) is 0 Å². The number of hydrogen-bond donors (Lipinski definition) is 1. The first-order valence-corrected chi connectivity index (χ1v) is 7.42. The van der Waals surface area contributed by atoms with Gasteiger partial charge in [-0.15, -0.1) is 0 Å². The van der Waals surface area contributed by atoms with Gasteiger partial charge in [-0.05, 0) is 52.5 Å². The van der Waals surface area contributed by atoms with Crippen molar-refractivity contribution in [3.05, 3.63) is 0 Å². The van der Waals surface area contributed by atoms with Gasteiger partial charge in [-0.3, -0.25) is 4.90 Å². The van der Waals surface area contributed by atoms with E-state index in [-0.39, 0.29) is 0 Å². The van der Waals surface area contributed by atoms with Gasteiger partial charge in [0.2, 0.25) is 0 Å². The van der Waals surface area contributed by atoms with Gasteiger partial charge in [0.05, 0.1) is 0 Å². The molecule has 1 rings (SSSR count). The van der Waals surface area contributed by atoms with E-state index in [2.05, 4.69) is 36.0 Å². The van der Waals surface area contributed by atoms with Crippen molar-refractivity contribution in [3.63, 3.8) is 0 Å². The molecule has 3 heteroatoms. The molecule has 1 saturated heterocycles. The Labute approximate surface area is 108 Å². The fraction of sp³-hybridized carbons (Fsp3) is 1.00. The quantitative estimate of drug-likeness (QED) is 0.699. The lowest BCUT2D eigenvalue weighted by Gasteiger charge is -2.37. The lowest BCUT2D eigenvalue weighted by atomic mass is 9.99. The normalized spacial score (nSPS) is 22.2. The van der Waals surface area contributed by atoms with Gasteiger partial charge in [0, 0.05) is 19.1 Å². The smallest absolute Gasteiger partial charge is 0.0112 e. The lowest BCUT2D eigenvalue weighted by Crippen LogP contribution is -2.44. The molecule has 1 aliphatic rings. The van der Waals surface area contributed by atoms with Crippen LogP contribution in [0.25, 0.3) is 0 Å². The average molecular weight is 241 g/mol. The van der Waals surface area contributed by atoms with Crippen molar-refractivity contribution < 1.29 is 0 Å². The van der Waals surface area contributed by atoms with Gasteiger partial charge in [0.25, 0.3) is 0 Å². The second-order valence-corrected chi connectivity index (χ2v) is 5.10. The van der Waals surface area contributed by atoms with Gasteiger partial charge in [0.1, 0.15) is 0 Å². The summed E-state index contributed by atoms with van der Waals surface area (Å²) in [4.78, 5) is 5.25. The van der Waals surface area contributed by atoms with Crippen LogP contribution in [-0.2, 0) is 0 Å². The van der Waals surface area contributed by atoms with Crippen LogP contribution >= 0.6 is 0 Å². The zero-order valence-corrected chi connectivity index (χ0v) is 12.0. The fourth-order valence-corrected chi connectivity index (χ4v) is 2.80. The lowest BCUT2D eigenvalue weighted by molar-refractivity contribution is 0.122. The maximum atomic E-state index is 3.29. The summed E-state index contributed by atoms with van der Waals surface area (Å²) in [6.45, 7) is 11.9. The Morgan fingerprint density at radius 3 is 2.65 bits per heavy atom. The van der Waals surface area contributed by atoms with E-state index in [0.717, 1.165) is 12.6 Å². The largest absolute Gasteiger partial charge is 0.320 e. The van der Waals surface area contributed by atoms with E-state index in [1.54, 1.807) is 0 Å². The first-order valence-electron chi connectivity index (χ1n) is 7.42. The highest BCUT2D eigenvalue weighted by Gasteiger charge is 2.21. The highest BCUT2D eigenvalue weighted by atomic mass is 15.2. The van der Waals surface area contributed by atoms with E-state index >= 15 is 0 Å². The molecule has 3 nitrogen and oxygen atoms in total. The van der Waals surface area contributed by atoms with Gasteiger partial charge < -0.3 is 10.2 Å². The molecular formula is C14H31N3. The Bertz CT molecular complexity index is 180. The average Bonchev–Trinajstić information content (AvgIpc) is 2.38. The van der Waals surface area contributed by atoms with Crippen LogP contribution in [0.4, 0.5) is 0 Å². The molecule has 0 radical (unpaired) electrons. The Morgan fingerprint density at radius 1 is 1.24 bits per heavy atom. The molecule has 0 bridgehead atoms. The van der Waals surface area contributed by atoms with Crippen LogP contribution in [0.5, 0.6) is 0 Å². The number of rotatable bonds is 8. The predicted molar refractivity (Wildman–Crippen MR) is 75.5 cm³/mol. The predicted octanol–water partition coefficient (Wildman–Crippen LogP) is 1.79. The van der Waals surface area contributed by atoms with Crippen molar-refractivity contribution in [2.24, 2.45) is 0 Å². The molecule has 0 saturated carbocycles.